The molecule has 1 amide bonds. The van der Waals surface area contributed by atoms with Gasteiger partial charge in [0.2, 0.25) is 0 Å². The first-order valence-corrected chi connectivity index (χ1v) is 11.0. The van der Waals surface area contributed by atoms with Crippen molar-refractivity contribution in [2.45, 2.75) is 77.9 Å². The Bertz CT molecular complexity index is 1060. The highest BCUT2D eigenvalue weighted by Gasteiger charge is 2.48. The second-order valence-electron chi connectivity index (χ2n) is 11.2. The lowest BCUT2D eigenvalue weighted by atomic mass is 9.79. The van der Waals surface area contributed by atoms with Crippen molar-refractivity contribution in [3.8, 4) is 12.3 Å². The second kappa shape index (κ2) is 7.90. The van der Waals surface area contributed by atoms with E-state index in [0.717, 1.165) is 16.7 Å². The minimum Gasteiger partial charge on any atom is -0.292 e. The summed E-state index contributed by atoms with van der Waals surface area (Å²) in [6, 6.07) is 12.3. The molecular weight excluding hydrogens is 396 g/mol. The van der Waals surface area contributed by atoms with Crippen LogP contribution in [0.5, 0.6) is 0 Å². The van der Waals surface area contributed by atoms with Gasteiger partial charge in [-0.25, -0.2) is 0 Å². The van der Waals surface area contributed by atoms with Gasteiger partial charge in [0.05, 0.1) is 5.66 Å². The van der Waals surface area contributed by atoms with Crippen molar-refractivity contribution in [1.29, 1.82) is 0 Å². The average Bonchev–Trinajstić information content (AvgIpc) is 2.94. The lowest BCUT2D eigenvalue weighted by Crippen LogP contribution is -2.48. The van der Waals surface area contributed by atoms with E-state index >= 15 is 0 Å². The van der Waals surface area contributed by atoms with E-state index in [2.05, 4.69) is 58.8 Å². The highest BCUT2D eigenvalue weighted by Crippen LogP contribution is 2.33. The first-order valence-electron chi connectivity index (χ1n) is 11.0. The molecule has 2 aromatic carbocycles. The normalized spacial score (nSPS) is 18.5. The minimum absolute atomic E-state index is 0.118. The van der Waals surface area contributed by atoms with Crippen LogP contribution >= 0.6 is 0 Å². The topological polar surface area (TPSA) is 49.4 Å². The molecule has 0 aromatic heterocycles. The molecule has 0 unspecified atom stereocenters. The molecule has 4 heteroatoms. The highest BCUT2D eigenvalue weighted by atomic mass is 16.2. The van der Waals surface area contributed by atoms with Crippen LogP contribution in [0.4, 0.5) is 5.69 Å². The zero-order chi connectivity index (χ0) is 24.1. The van der Waals surface area contributed by atoms with Gasteiger partial charge in [0.1, 0.15) is 0 Å². The smallest absolute Gasteiger partial charge is 0.253 e. The van der Waals surface area contributed by atoms with Gasteiger partial charge in [-0.15, -0.1) is 6.42 Å². The molecule has 3 rings (SSSR count). The molecule has 1 saturated heterocycles. The molecule has 32 heavy (non-hydrogen) atoms. The number of anilines is 1. The molecule has 0 saturated carbocycles. The Hall–Kier alpha value is -2.90. The second-order valence-corrected chi connectivity index (χ2v) is 11.2. The highest BCUT2D eigenvalue weighted by molar-refractivity contribution is 6.19. The summed E-state index contributed by atoms with van der Waals surface area (Å²) in [5.74, 6) is 2.12. The van der Waals surface area contributed by atoms with E-state index in [1.807, 2.05) is 38.1 Å². The van der Waals surface area contributed by atoms with Crippen LogP contribution in [0.15, 0.2) is 42.5 Å². The predicted molar refractivity (Wildman–Crippen MR) is 131 cm³/mol. The van der Waals surface area contributed by atoms with Crippen molar-refractivity contribution in [2.24, 2.45) is 0 Å². The standard InChI is InChI=1S/C28H34N2O2/c1-10-18-11-13-22(14-12-18)30-25(32)23(29-28(30,8)9)24(31)19-15-20(26(2,3)4)17-21(16-19)27(5,6)7/h1,11-17,23,29H,2-9H3/t23-/m0/s1. The monoisotopic (exact) mass is 430 g/mol. The van der Waals surface area contributed by atoms with Crippen LogP contribution in [-0.2, 0) is 15.6 Å². The summed E-state index contributed by atoms with van der Waals surface area (Å²) in [5.41, 5.74) is 3.23. The number of benzene rings is 2. The van der Waals surface area contributed by atoms with Gasteiger partial charge in [-0.3, -0.25) is 19.8 Å². The van der Waals surface area contributed by atoms with Gasteiger partial charge in [-0.1, -0.05) is 53.5 Å². The van der Waals surface area contributed by atoms with Gasteiger partial charge >= 0.3 is 0 Å². The Balaban J connectivity index is 2.02. The maximum atomic E-state index is 13.6. The summed E-state index contributed by atoms with van der Waals surface area (Å²) in [5, 5.41) is 3.26. The van der Waals surface area contributed by atoms with Crippen LogP contribution in [0.3, 0.4) is 0 Å². The van der Waals surface area contributed by atoms with Crippen molar-refractivity contribution in [3.05, 3.63) is 64.7 Å². The number of Topliss-reactive ketones (excluding diaryl/α,β-unsaturated/α-hetero) is 1. The van der Waals surface area contributed by atoms with Crippen molar-refractivity contribution < 1.29 is 9.59 Å². The van der Waals surface area contributed by atoms with Gasteiger partial charge in [0, 0.05) is 16.8 Å². The number of nitrogens with zero attached hydrogens (tertiary/aromatic N) is 1. The third-order valence-electron chi connectivity index (χ3n) is 6.03. The van der Waals surface area contributed by atoms with Crippen molar-refractivity contribution in [2.75, 3.05) is 4.90 Å². The van der Waals surface area contributed by atoms with Gasteiger partial charge in [0.15, 0.2) is 11.8 Å². The Kier molecular flexibility index (Phi) is 5.87. The number of nitrogens with one attached hydrogen (secondary N) is 1. The van der Waals surface area contributed by atoms with E-state index in [9.17, 15) is 9.59 Å². The fourth-order valence-corrected chi connectivity index (χ4v) is 4.02. The van der Waals surface area contributed by atoms with E-state index in [-0.39, 0.29) is 22.5 Å². The van der Waals surface area contributed by atoms with Crippen LogP contribution in [0.2, 0.25) is 0 Å². The van der Waals surface area contributed by atoms with E-state index < -0.39 is 11.7 Å². The fraction of sp³-hybridized carbons (Fsp3) is 0.429. The van der Waals surface area contributed by atoms with Crippen LogP contribution in [0, 0.1) is 12.3 Å². The number of terminal acetylenes is 1. The Labute approximate surface area is 192 Å². The van der Waals surface area contributed by atoms with E-state index in [0.29, 0.717) is 11.3 Å². The first kappa shape index (κ1) is 23.8. The van der Waals surface area contributed by atoms with Crippen LogP contribution in [-0.4, -0.2) is 23.4 Å². The maximum Gasteiger partial charge on any atom is 0.253 e. The third kappa shape index (κ3) is 4.49. The third-order valence-corrected chi connectivity index (χ3v) is 6.03. The molecular formula is C28H34N2O2. The number of rotatable bonds is 3. The van der Waals surface area contributed by atoms with Crippen LogP contribution < -0.4 is 10.2 Å². The molecule has 0 aliphatic carbocycles. The molecule has 168 valence electrons. The first-order chi connectivity index (χ1) is 14.6. The predicted octanol–water partition coefficient (Wildman–Crippen LogP) is 5.19. The molecule has 1 heterocycles. The van der Waals surface area contributed by atoms with Gasteiger partial charge in [-0.2, -0.15) is 0 Å². The molecule has 0 spiro atoms. The number of ketones is 1. The fourth-order valence-electron chi connectivity index (χ4n) is 4.02. The summed E-state index contributed by atoms with van der Waals surface area (Å²) in [4.78, 5) is 28.7. The number of amides is 1. The molecule has 1 fully saturated rings. The molecule has 1 aliphatic heterocycles. The summed E-state index contributed by atoms with van der Waals surface area (Å²) in [6.07, 6.45) is 5.46. The van der Waals surface area contributed by atoms with Crippen molar-refractivity contribution in [1.82, 2.24) is 5.32 Å². The van der Waals surface area contributed by atoms with Crippen molar-refractivity contribution in [3.63, 3.8) is 0 Å². The summed E-state index contributed by atoms with van der Waals surface area (Å²) in [6.45, 7) is 16.6. The SMILES string of the molecule is C#Cc1ccc(N2C(=O)[C@H](C(=O)c3cc(C(C)(C)C)cc(C(C)(C)C)c3)NC2(C)C)cc1. The Morgan fingerprint density at radius 2 is 1.47 bits per heavy atom. The van der Waals surface area contributed by atoms with Crippen molar-refractivity contribution >= 4 is 17.4 Å². The quantitative estimate of drug-likeness (QED) is 0.414. The largest absolute Gasteiger partial charge is 0.292 e. The minimum atomic E-state index is -0.944. The number of hydrogen-bond acceptors (Lipinski definition) is 3. The number of hydrogen-bond donors (Lipinski definition) is 1. The summed E-state index contributed by atoms with van der Waals surface area (Å²) >= 11 is 0. The number of carbonyl (C=O) groups is 2. The Morgan fingerprint density at radius 3 is 1.91 bits per heavy atom. The lowest BCUT2D eigenvalue weighted by molar-refractivity contribution is -0.117. The summed E-state index contributed by atoms with van der Waals surface area (Å²) in [7, 11) is 0. The number of carbonyl (C=O) groups excluding carboxylic acids is 2. The molecule has 2 aromatic rings. The Morgan fingerprint density at radius 1 is 0.969 bits per heavy atom. The van der Waals surface area contributed by atoms with Gasteiger partial charge < -0.3 is 0 Å². The molecule has 4 nitrogen and oxygen atoms in total. The molecule has 0 radical (unpaired) electrons. The molecule has 0 bridgehead atoms. The molecule has 1 N–H and O–H groups in total. The van der Waals surface area contributed by atoms with Gasteiger partial charge in [0.25, 0.3) is 5.91 Å². The zero-order valence-electron chi connectivity index (χ0n) is 20.5. The molecule has 1 atom stereocenters. The summed E-state index contributed by atoms with van der Waals surface area (Å²) < 4.78 is 0. The van der Waals surface area contributed by atoms with E-state index in [1.165, 1.54) is 0 Å². The van der Waals surface area contributed by atoms with Gasteiger partial charge in [-0.05, 0) is 72.2 Å². The average molecular weight is 431 g/mol. The maximum absolute atomic E-state index is 13.6. The lowest BCUT2D eigenvalue weighted by Gasteiger charge is -2.31. The van der Waals surface area contributed by atoms with E-state index in [4.69, 9.17) is 6.42 Å². The molecule has 1 aliphatic rings. The van der Waals surface area contributed by atoms with E-state index in [1.54, 1.807) is 17.0 Å². The van der Waals surface area contributed by atoms with Crippen LogP contribution in [0.25, 0.3) is 0 Å². The van der Waals surface area contributed by atoms with Crippen LogP contribution in [0.1, 0.15) is 82.4 Å². The zero-order valence-corrected chi connectivity index (χ0v) is 20.5.